The van der Waals surface area contributed by atoms with E-state index in [9.17, 15) is 49.8 Å². The summed E-state index contributed by atoms with van der Waals surface area (Å²) in [7, 11) is 0. The first-order chi connectivity index (χ1) is 21.9. The summed E-state index contributed by atoms with van der Waals surface area (Å²) in [5.41, 5.74) is -2.37. The minimum atomic E-state index is -1.62. The van der Waals surface area contributed by atoms with Crippen molar-refractivity contribution < 1.29 is 54.6 Å². The monoisotopic (exact) mass is 653 g/mol. The van der Waals surface area contributed by atoms with Gasteiger partial charge in [0, 0.05) is 40.9 Å². The molecule has 7 N–H and O–H groups in total. The predicted molar refractivity (Wildman–Crippen MR) is 169 cm³/mol. The normalized spacial score (nSPS) is 34.1. The molecule has 1 aliphatic carbocycles. The number of ether oxygens (including phenoxy) is 1. The maximum Gasteiger partial charge on any atom is 0.251 e. The van der Waals surface area contributed by atoms with Crippen LogP contribution in [0.25, 0.3) is 0 Å². The number of phenolic OH excluding ortho intramolecular Hbond substituents is 2. The Balaban J connectivity index is 1.88. The Bertz CT molecular complexity index is 1620. The number of aliphatic hydroxyl groups is 4. The summed E-state index contributed by atoms with van der Waals surface area (Å²) in [6.07, 6.45) is 0.789. The molecule has 1 saturated heterocycles. The third-order valence-electron chi connectivity index (χ3n) is 9.82. The van der Waals surface area contributed by atoms with Gasteiger partial charge in [0.1, 0.15) is 11.5 Å². The van der Waals surface area contributed by atoms with Gasteiger partial charge in [-0.1, -0.05) is 52.0 Å². The average molecular weight is 654 g/mol. The molecule has 5 aliphatic heterocycles. The molecule has 0 aromatic heterocycles. The number of phenols is 2. The number of hydrogen-bond acceptors (Lipinski definition) is 11. The van der Waals surface area contributed by atoms with Crippen molar-refractivity contribution in [2.45, 2.75) is 79.2 Å². The van der Waals surface area contributed by atoms with Crippen LogP contribution < -0.4 is 5.32 Å². The van der Waals surface area contributed by atoms with E-state index >= 15 is 0 Å². The van der Waals surface area contributed by atoms with Crippen LogP contribution in [0.4, 0.5) is 0 Å². The second-order valence-electron chi connectivity index (χ2n) is 13.0. The summed E-state index contributed by atoms with van der Waals surface area (Å²) in [6, 6.07) is 0. The van der Waals surface area contributed by atoms with E-state index in [1.54, 1.807) is 33.8 Å². The van der Waals surface area contributed by atoms with Crippen molar-refractivity contribution >= 4 is 23.3 Å². The fourth-order valence-corrected chi connectivity index (χ4v) is 6.61. The fraction of sp³-hybridized carbons (Fsp3) is 0.486. The molecule has 1 aromatic carbocycles. The summed E-state index contributed by atoms with van der Waals surface area (Å²) in [4.78, 5) is 53.8. The number of rotatable bonds is 0. The number of aromatic hydroxyl groups is 2. The predicted octanol–water partition coefficient (Wildman–Crippen LogP) is 2.39. The molecule has 1 fully saturated rings. The quantitative estimate of drug-likeness (QED) is 0.216. The van der Waals surface area contributed by atoms with Gasteiger partial charge in [-0.2, -0.15) is 0 Å². The first kappa shape index (κ1) is 35.9. The molecule has 7 rings (SSSR count). The first-order valence-corrected chi connectivity index (χ1v) is 15.6. The molecule has 0 unspecified atom stereocenters. The molecule has 5 heterocycles. The van der Waals surface area contributed by atoms with Crippen LogP contribution in [-0.4, -0.2) is 84.6 Å². The fourth-order valence-electron chi connectivity index (χ4n) is 6.61. The summed E-state index contributed by atoms with van der Waals surface area (Å²) >= 11 is 0. The number of carbonyl (C=O) groups excluding carboxylic acids is 4. The molecular formula is C35H43NO11. The molecule has 0 spiro atoms. The number of benzene rings is 1. The van der Waals surface area contributed by atoms with E-state index in [-0.39, 0.29) is 16.7 Å². The van der Waals surface area contributed by atoms with Gasteiger partial charge in [0.25, 0.3) is 5.91 Å². The Morgan fingerprint density at radius 2 is 1.30 bits per heavy atom. The highest BCUT2D eigenvalue weighted by molar-refractivity contribution is 6.31. The topological polar surface area (TPSA) is 211 Å². The van der Waals surface area contributed by atoms with Gasteiger partial charge in [-0.15, -0.1) is 0 Å². The molecule has 47 heavy (non-hydrogen) atoms. The molecule has 254 valence electrons. The molecule has 0 radical (unpaired) electrons. The van der Waals surface area contributed by atoms with Gasteiger partial charge >= 0.3 is 0 Å². The van der Waals surface area contributed by atoms with E-state index < -0.39 is 117 Å². The van der Waals surface area contributed by atoms with Gasteiger partial charge in [-0.05, 0) is 26.3 Å². The maximum atomic E-state index is 13.8. The minimum Gasteiger partial charge on any atom is -0.507 e. The van der Waals surface area contributed by atoms with Crippen LogP contribution in [0.3, 0.4) is 0 Å². The maximum absolute atomic E-state index is 13.8. The lowest BCUT2D eigenvalue weighted by Crippen LogP contribution is -2.54. The molecule has 0 saturated carbocycles. The average Bonchev–Trinajstić information content (AvgIpc) is 3.03. The van der Waals surface area contributed by atoms with Gasteiger partial charge in [0.15, 0.2) is 17.9 Å². The van der Waals surface area contributed by atoms with Crippen LogP contribution in [0.2, 0.25) is 0 Å². The number of nitrogens with one attached hydrogen (secondary N) is 1. The Labute approximate surface area is 272 Å². The third kappa shape index (κ3) is 6.48. The highest BCUT2D eigenvalue weighted by Crippen LogP contribution is 2.42. The van der Waals surface area contributed by atoms with E-state index in [1.165, 1.54) is 39.0 Å². The highest BCUT2D eigenvalue weighted by Gasteiger charge is 2.46. The minimum absolute atomic E-state index is 0.112. The van der Waals surface area contributed by atoms with Gasteiger partial charge in [-0.3, -0.25) is 19.2 Å². The lowest BCUT2D eigenvalue weighted by Gasteiger charge is -2.45. The Morgan fingerprint density at radius 3 is 1.91 bits per heavy atom. The molecule has 6 aliphatic rings. The smallest absolute Gasteiger partial charge is 0.251 e. The molecule has 6 bridgehead atoms. The van der Waals surface area contributed by atoms with Crippen LogP contribution in [0.15, 0.2) is 47.2 Å². The Kier molecular flexibility index (Phi) is 10.4. The Morgan fingerprint density at radius 1 is 0.723 bits per heavy atom. The van der Waals surface area contributed by atoms with Gasteiger partial charge in [0.2, 0.25) is 5.78 Å². The van der Waals surface area contributed by atoms with Crippen molar-refractivity contribution in [2.24, 2.45) is 29.6 Å². The summed E-state index contributed by atoms with van der Waals surface area (Å²) in [5, 5.41) is 68.7. The standard InChI is InChI=1S/C35H43NO11/c1-13-9-8-10-14(2)34(45)36-21-12-22(37)23-24(30(42)17(5)31(43)25(23)32(21)44)27(39)15(3)11-20-29(41)19(7)33(47-35(20)46)18(6)28(40)16(4)26(13)38/h8-13,16,18-20,26,28-29,33,35,38,40-43,46H,1-7H3,(H,36,45)/t13-,16+,18+,19+,20-,26-,28+,29+,33-,35+/m0/s1. The van der Waals surface area contributed by atoms with Crippen LogP contribution in [0, 0.1) is 36.5 Å². The SMILES string of the molecule is CC1=CC=C[C@H](C)[C@H](O)[C@@H](C)[C@@H](O)[C@@H](C)[C@@H]2O[C@@H](O)[C@@H](C=C(C)C(=O)c3c(O)c(C)c(O)c4c3C(=O)C=C(NC1=O)C4=O)[C@H](O)[C@H]2C. The summed E-state index contributed by atoms with van der Waals surface area (Å²) in [6.45, 7) is 10.8. The first-order valence-electron chi connectivity index (χ1n) is 15.6. The second-order valence-corrected chi connectivity index (χ2v) is 13.0. The van der Waals surface area contributed by atoms with Crippen molar-refractivity contribution in [2.75, 3.05) is 0 Å². The largest absolute Gasteiger partial charge is 0.507 e. The lowest BCUT2D eigenvalue weighted by molar-refractivity contribution is -0.254. The highest BCUT2D eigenvalue weighted by atomic mass is 16.6. The zero-order valence-electron chi connectivity index (χ0n) is 27.4. The van der Waals surface area contributed by atoms with Crippen LogP contribution >= 0.6 is 0 Å². The summed E-state index contributed by atoms with van der Waals surface area (Å²) < 4.78 is 5.89. The van der Waals surface area contributed by atoms with Crippen molar-refractivity contribution in [3.63, 3.8) is 0 Å². The number of Topliss-reactive ketones (excluding diaryl/α,β-unsaturated/α-hetero) is 2. The van der Waals surface area contributed by atoms with E-state index in [0.717, 1.165) is 6.08 Å². The van der Waals surface area contributed by atoms with Gasteiger partial charge in [0.05, 0.1) is 52.7 Å². The number of allylic oxidation sites excluding steroid dienone is 5. The van der Waals surface area contributed by atoms with Crippen LogP contribution in [0.5, 0.6) is 11.5 Å². The zero-order chi connectivity index (χ0) is 35.2. The third-order valence-corrected chi connectivity index (χ3v) is 9.82. The molecule has 12 nitrogen and oxygen atoms in total. The molecule has 1 amide bonds. The summed E-state index contributed by atoms with van der Waals surface area (Å²) in [5.74, 6) is -8.62. The van der Waals surface area contributed by atoms with Crippen molar-refractivity contribution in [1.82, 2.24) is 5.32 Å². The zero-order valence-corrected chi connectivity index (χ0v) is 27.4. The number of hydrogen-bond donors (Lipinski definition) is 7. The van der Waals surface area contributed by atoms with Crippen LogP contribution in [-0.2, 0) is 9.53 Å². The number of aliphatic hydroxyl groups excluding tert-OH is 4. The number of carbonyl (C=O) groups is 4. The van der Waals surface area contributed by atoms with Crippen molar-refractivity contribution in [3.05, 3.63) is 69.5 Å². The second kappa shape index (κ2) is 13.7. The van der Waals surface area contributed by atoms with Gasteiger partial charge in [-0.25, -0.2) is 0 Å². The number of amides is 1. The Hall–Kier alpha value is -3.94. The van der Waals surface area contributed by atoms with E-state index in [1.807, 2.05) is 0 Å². The van der Waals surface area contributed by atoms with E-state index in [4.69, 9.17) is 4.74 Å². The van der Waals surface area contributed by atoms with Gasteiger partial charge < -0.3 is 40.7 Å². The van der Waals surface area contributed by atoms with E-state index in [0.29, 0.717) is 0 Å². The molecular weight excluding hydrogens is 610 g/mol. The van der Waals surface area contributed by atoms with E-state index in [2.05, 4.69) is 5.32 Å². The molecule has 12 heteroatoms. The number of ketones is 3. The van der Waals surface area contributed by atoms with Crippen molar-refractivity contribution in [1.29, 1.82) is 0 Å². The lowest BCUT2D eigenvalue weighted by atomic mass is 9.75. The van der Waals surface area contributed by atoms with Crippen LogP contribution in [0.1, 0.15) is 78.2 Å². The van der Waals surface area contributed by atoms with Crippen molar-refractivity contribution in [3.8, 4) is 11.5 Å². The molecule has 10 atom stereocenters. The molecule has 1 aromatic rings.